The second-order valence-electron chi connectivity index (χ2n) is 5.61. The molecular weight excluding hydrogens is 252 g/mol. The van der Waals surface area contributed by atoms with Crippen molar-refractivity contribution in [2.75, 3.05) is 13.2 Å². The van der Waals surface area contributed by atoms with Gasteiger partial charge in [0.2, 0.25) is 5.91 Å². The number of rotatable bonds is 6. The number of benzene rings is 1. The van der Waals surface area contributed by atoms with Crippen molar-refractivity contribution < 1.29 is 9.90 Å². The molecule has 0 heterocycles. The zero-order valence-electron chi connectivity index (χ0n) is 11.9. The topological polar surface area (TPSA) is 61.4 Å². The van der Waals surface area contributed by atoms with Gasteiger partial charge in [0, 0.05) is 12.1 Å². The Morgan fingerprint density at radius 2 is 1.85 bits per heavy atom. The number of hydrogen-bond acceptors (Lipinski definition) is 3. The van der Waals surface area contributed by atoms with Crippen molar-refractivity contribution in [1.29, 1.82) is 0 Å². The lowest BCUT2D eigenvalue weighted by Gasteiger charge is -2.36. The molecule has 1 aromatic carbocycles. The summed E-state index contributed by atoms with van der Waals surface area (Å²) in [6, 6.07) is 9.86. The van der Waals surface area contributed by atoms with E-state index in [1.165, 1.54) is 6.42 Å². The molecule has 0 unspecified atom stereocenters. The fraction of sp³-hybridized carbons (Fsp3) is 0.562. The maximum absolute atomic E-state index is 11.9. The van der Waals surface area contributed by atoms with Crippen molar-refractivity contribution in [3.63, 3.8) is 0 Å². The highest BCUT2D eigenvalue weighted by Gasteiger charge is 2.31. The van der Waals surface area contributed by atoms with Gasteiger partial charge in [-0.15, -0.1) is 0 Å². The maximum atomic E-state index is 11.9. The summed E-state index contributed by atoms with van der Waals surface area (Å²) < 4.78 is 0. The first-order valence-corrected chi connectivity index (χ1v) is 7.41. The van der Waals surface area contributed by atoms with Crippen LogP contribution in [0.2, 0.25) is 0 Å². The number of aliphatic hydroxyl groups excluding tert-OH is 1. The van der Waals surface area contributed by atoms with Crippen LogP contribution in [-0.2, 0) is 11.3 Å². The third-order valence-electron chi connectivity index (χ3n) is 4.07. The van der Waals surface area contributed by atoms with Crippen LogP contribution in [0.25, 0.3) is 0 Å². The molecule has 4 heteroatoms. The molecule has 1 aliphatic rings. The Labute approximate surface area is 120 Å². The average molecular weight is 276 g/mol. The summed E-state index contributed by atoms with van der Waals surface area (Å²) in [4.78, 5) is 11.9. The van der Waals surface area contributed by atoms with Crippen LogP contribution in [0.15, 0.2) is 30.3 Å². The fourth-order valence-electron chi connectivity index (χ4n) is 2.75. The molecule has 1 aliphatic carbocycles. The summed E-state index contributed by atoms with van der Waals surface area (Å²) in [5.74, 6) is -0.0211. The molecule has 0 aliphatic heterocycles. The lowest BCUT2D eigenvalue weighted by molar-refractivity contribution is -0.121. The van der Waals surface area contributed by atoms with Crippen LogP contribution in [0.4, 0.5) is 0 Å². The van der Waals surface area contributed by atoms with Crippen molar-refractivity contribution in [3.8, 4) is 0 Å². The minimum absolute atomic E-state index is 0.0211. The van der Waals surface area contributed by atoms with Crippen LogP contribution in [0.5, 0.6) is 0 Å². The summed E-state index contributed by atoms with van der Waals surface area (Å²) in [6.45, 7) is 0.930. The van der Waals surface area contributed by atoms with Gasteiger partial charge in [-0.1, -0.05) is 49.6 Å². The van der Waals surface area contributed by atoms with Crippen LogP contribution < -0.4 is 10.6 Å². The average Bonchev–Trinajstić information content (AvgIpc) is 2.53. The number of nitrogens with one attached hydrogen (secondary N) is 2. The van der Waals surface area contributed by atoms with E-state index in [2.05, 4.69) is 10.6 Å². The second kappa shape index (κ2) is 7.41. The Kier molecular flexibility index (Phi) is 5.56. The Hall–Kier alpha value is -1.39. The first-order chi connectivity index (χ1) is 9.74. The molecule has 4 nitrogen and oxygen atoms in total. The smallest absolute Gasteiger partial charge is 0.234 e. The number of carbonyl (C=O) groups excluding carboxylic acids is 1. The molecule has 1 fully saturated rings. The van der Waals surface area contributed by atoms with Gasteiger partial charge in [-0.3, -0.25) is 4.79 Å². The van der Waals surface area contributed by atoms with E-state index < -0.39 is 0 Å². The lowest BCUT2D eigenvalue weighted by Crippen LogP contribution is -2.52. The molecule has 0 atom stereocenters. The highest BCUT2D eigenvalue weighted by atomic mass is 16.3. The van der Waals surface area contributed by atoms with Gasteiger partial charge < -0.3 is 15.7 Å². The van der Waals surface area contributed by atoms with Gasteiger partial charge in [0.1, 0.15) is 0 Å². The Morgan fingerprint density at radius 1 is 1.15 bits per heavy atom. The van der Waals surface area contributed by atoms with E-state index in [1.807, 2.05) is 30.3 Å². The number of aliphatic hydroxyl groups is 1. The first-order valence-electron chi connectivity index (χ1n) is 7.41. The summed E-state index contributed by atoms with van der Waals surface area (Å²) >= 11 is 0. The summed E-state index contributed by atoms with van der Waals surface area (Å²) in [5.41, 5.74) is 0.845. The molecule has 1 aromatic rings. The van der Waals surface area contributed by atoms with Gasteiger partial charge in [-0.2, -0.15) is 0 Å². The molecule has 2 rings (SSSR count). The van der Waals surface area contributed by atoms with E-state index in [0.29, 0.717) is 6.54 Å². The van der Waals surface area contributed by atoms with Crippen LogP contribution in [-0.4, -0.2) is 29.7 Å². The van der Waals surface area contributed by atoms with E-state index in [4.69, 9.17) is 0 Å². The molecule has 1 amide bonds. The van der Waals surface area contributed by atoms with Crippen molar-refractivity contribution in [1.82, 2.24) is 10.6 Å². The van der Waals surface area contributed by atoms with Crippen molar-refractivity contribution in [2.24, 2.45) is 0 Å². The SMILES string of the molecule is O=C(CNC1(CO)CCCCC1)NCc1ccccc1. The Bertz CT molecular complexity index is 414. The van der Waals surface area contributed by atoms with Gasteiger partial charge in [0.25, 0.3) is 0 Å². The number of amides is 1. The van der Waals surface area contributed by atoms with E-state index in [-0.39, 0.29) is 24.6 Å². The van der Waals surface area contributed by atoms with E-state index >= 15 is 0 Å². The number of carbonyl (C=O) groups is 1. The largest absolute Gasteiger partial charge is 0.394 e. The number of hydrogen-bond donors (Lipinski definition) is 3. The predicted molar refractivity (Wildman–Crippen MR) is 79.2 cm³/mol. The Morgan fingerprint density at radius 3 is 2.50 bits per heavy atom. The normalized spacial score (nSPS) is 17.6. The van der Waals surface area contributed by atoms with Crippen LogP contribution in [0.3, 0.4) is 0 Å². The highest BCUT2D eigenvalue weighted by Crippen LogP contribution is 2.27. The third kappa shape index (κ3) is 4.32. The van der Waals surface area contributed by atoms with E-state index in [1.54, 1.807) is 0 Å². The monoisotopic (exact) mass is 276 g/mol. The molecular formula is C16H24N2O2. The minimum atomic E-state index is -0.248. The van der Waals surface area contributed by atoms with Crippen molar-refractivity contribution in [3.05, 3.63) is 35.9 Å². The van der Waals surface area contributed by atoms with Gasteiger partial charge in [0.05, 0.1) is 13.2 Å². The zero-order valence-corrected chi connectivity index (χ0v) is 11.9. The quantitative estimate of drug-likeness (QED) is 0.739. The molecule has 20 heavy (non-hydrogen) atoms. The van der Waals surface area contributed by atoms with Gasteiger partial charge >= 0.3 is 0 Å². The molecule has 3 N–H and O–H groups in total. The summed E-state index contributed by atoms with van der Waals surface area (Å²) in [6.07, 6.45) is 5.38. The lowest BCUT2D eigenvalue weighted by atomic mass is 9.82. The van der Waals surface area contributed by atoms with Gasteiger partial charge in [-0.05, 0) is 18.4 Å². The maximum Gasteiger partial charge on any atom is 0.234 e. The Balaban J connectivity index is 1.74. The molecule has 0 radical (unpaired) electrons. The summed E-state index contributed by atoms with van der Waals surface area (Å²) in [7, 11) is 0. The second-order valence-corrected chi connectivity index (χ2v) is 5.61. The van der Waals surface area contributed by atoms with E-state index in [9.17, 15) is 9.90 Å². The van der Waals surface area contributed by atoms with Gasteiger partial charge in [0.15, 0.2) is 0 Å². The van der Waals surface area contributed by atoms with Crippen LogP contribution in [0, 0.1) is 0 Å². The van der Waals surface area contributed by atoms with Crippen LogP contribution >= 0.6 is 0 Å². The standard InChI is InChI=1S/C16H24N2O2/c19-13-16(9-5-2-6-10-16)18-12-15(20)17-11-14-7-3-1-4-8-14/h1,3-4,7-8,18-19H,2,5-6,9-13H2,(H,17,20). The zero-order chi connectivity index (χ0) is 14.3. The molecule has 110 valence electrons. The highest BCUT2D eigenvalue weighted by molar-refractivity contribution is 5.78. The third-order valence-corrected chi connectivity index (χ3v) is 4.07. The molecule has 0 bridgehead atoms. The first kappa shape index (κ1) is 15.0. The van der Waals surface area contributed by atoms with Crippen molar-refractivity contribution in [2.45, 2.75) is 44.2 Å². The molecule has 0 aromatic heterocycles. The minimum Gasteiger partial charge on any atom is -0.394 e. The fourth-order valence-corrected chi connectivity index (χ4v) is 2.75. The van der Waals surface area contributed by atoms with E-state index in [0.717, 1.165) is 31.2 Å². The van der Waals surface area contributed by atoms with Crippen LogP contribution in [0.1, 0.15) is 37.7 Å². The molecule has 1 saturated carbocycles. The summed E-state index contributed by atoms with van der Waals surface area (Å²) in [5, 5.41) is 15.7. The predicted octanol–water partition coefficient (Wildman–Crippen LogP) is 1.59. The molecule has 0 spiro atoms. The van der Waals surface area contributed by atoms with Gasteiger partial charge in [-0.25, -0.2) is 0 Å². The molecule has 0 saturated heterocycles. The van der Waals surface area contributed by atoms with Crippen molar-refractivity contribution >= 4 is 5.91 Å².